The highest BCUT2D eigenvalue weighted by Crippen LogP contribution is 2.22. The molecule has 0 aliphatic carbocycles. The Labute approximate surface area is 101 Å². The van der Waals surface area contributed by atoms with Gasteiger partial charge in [-0.1, -0.05) is 38.5 Å². The quantitative estimate of drug-likeness (QED) is 0.876. The van der Waals surface area contributed by atoms with Crippen molar-refractivity contribution in [3.05, 3.63) is 42.5 Å². The molecule has 0 bridgehead atoms. The number of benzene rings is 1. The van der Waals surface area contributed by atoms with Crippen LogP contribution in [0.4, 0.5) is 0 Å². The molecule has 1 aromatic heterocycles. The van der Waals surface area contributed by atoms with Crippen molar-refractivity contribution < 1.29 is 0 Å². The fourth-order valence-electron chi connectivity index (χ4n) is 1.77. The fourth-order valence-corrected chi connectivity index (χ4v) is 1.77. The largest absolute Gasteiger partial charge is 0.321 e. The van der Waals surface area contributed by atoms with Crippen molar-refractivity contribution in [3.8, 4) is 5.69 Å². The van der Waals surface area contributed by atoms with Crippen LogP contribution < -0.4 is 5.73 Å². The second-order valence-electron chi connectivity index (χ2n) is 4.31. The highest BCUT2D eigenvalue weighted by Gasteiger charge is 2.19. The van der Waals surface area contributed by atoms with Crippen LogP contribution in [0.2, 0.25) is 0 Å². The molecule has 0 fully saturated rings. The molecule has 17 heavy (non-hydrogen) atoms. The number of nitrogens with zero attached hydrogens (tertiary/aromatic N) is 3. The first-order valence-corrected chi connectivity index (χ1v) is 5.95. The van der Waals surface area contributed by atoms with Crippen LogP contribution in [0.1, 0.15) is 32.1 Å². The third-order valence-electron chi connectivity index (χ3n) is 3.16. The summed E-state index contributed by atoms with van der Waals surface area (Å²) < 4.78 is 1.96. The van der Waals surface area contributed by atoms with Crippen LogP contribution in [-0.2, 0) is 0 Å². The normalized spacial score (nSPS) is 14.5. The fraction of sp³-hybridized carbons (Fsp3) is 0.385. The van der Waals surface area contributed by atoms with Gasteiger partial charge in [-0.2, -0.15) is 0 Å². The van der Waals surface area contributed by atoms with Crippen molar-refractivity contribution in [1.82, 2.24) is 14.8 Å². The Morgan fingerprint density at radius 3 is 2.65 bits per heavy atom. The van der Waals surface area contributed by atoms with Gasteiger partial charge in [-0.3, -0.25) is 4.57 Å². The molecular formula is C13H18N4. The zero-order chi connectivity index (χ0) is 12.3. The van der Waals surface area contributed by atoms with E-state index in [1.54, 1.807) is 6.33 Å². The number of para-hydroxylation sites is 1. The molecule has 0 saturated heterocycles. The summed E-state index contributed by atoms with van der Waals surface area (Å²) in [5.41, 5.74) is 7.26. The van der Waals surface area contributed by atoms with E-state index >= 15 is 0 Å². The molecule has 0 saturated carbocycles. The SMILES string of the molecule is CCC(C)C(N)c1nncn1-c1ccccc1. The molecule has 2 unspecified atom stereocenters. The van der Waals surface area contributed by atoms with Crippen LogP contribution in [0.5, 0.6) is 0 Å². The smallest absolute Gasteiger partial charge is 0.154 e. The summed E-state index contributed by atoms with van der Waals surface area (Å²) in [6.45, 7) is 4.27. The van der Waals surface area contributed by atoms with E-state index in [1.807, 2.05) is 34.9 Å². The highest BCUT2D eigenvalue weighted by atomic mass is 15.3. The first-order valence-electron chi connectivity index (χ1n) is 5.95. The molecule has 1 aromatic carbocycles. The van der Waals surface area contributed by atoms with Gasteiger partial charge in [0.05, 0.1) is 6.04 Å². The van der Waals surface area contributed by atoms with Gasteiger partial charge in [0.15, 0.2) is 5.82 Å². The molecule has 2 aromatic rings. The summed E-state index contributed by atoms with van der Waals surface area (Å²) in [6.07, 6.45) is 2.75. The lowest BCUT2D eigenvalue weighted by Gasteiger charge is -2.18. The third kappa shape index (κ3) is 2.36. The molecule has 2 atom stereocenters. The molecule has 0 aliphatic heterocycles. The minimum Gasteiger partial charge on any atom is -0.321 e. The Hall–Kier alpha value is -1.68. The summed E-state index contributed by atoms with van der Waals surface area (Å²) in [5.74, 6) is 1.22. The van der Waals surface area contributed by atoms with Crippen LogP contribution in [0, 0.1) is 5.92 Å². The summed E-state index contributed by atoms with van der Waals surface area (Å²) in [7, 11) is 0. The maximum atomic E-state index is 6.21. The first-order chi connectivity index (χ1) is 8.24. The lowest BCUT2D eigenvalue weighted by molar-refractivity contribution is 0.434. The van der Waals surface area contributed by atoms with Crippen molar-refractivity contribution in [3.63, 3.8) is 0 Å². The van der Waals surface area contributed by atoms with Crippen molar-refractivity contribution >= 4 is 0 Å². The molecule has 0 amide bonds. The molecule has 1 heterocycles. The van der Waals surface area contributed by atoms with Gasteiger partial charge in [-0.25, -0.2) is 0 Å². The van der Waals surface area contributed by atoms with Crippen molar-refractivity contribution in [2.75, 3.05) is 0 Å². The van der Waals surface area contributed by atoms with E-state index in [2.05, 4.69) is 24.0 Å². The lowest BCUT2D eigenvalue weighted by atomic mass is 9.99. The van der Waals surface area contributed by atoms with Gasteiger partial charge in [-0.15, -0.1) is 10.2 Å². The first kappa shape index (κ1) is 11.8. The Bertz CT molecular complexity index is 463. The zero-order valence-electron chi connectivity index (χ0n) is 10.2. The predicted octanol–water partition coefficient (Wildman–Crippen LogP) is 2.31. The van der Waals surface area contributed by atoms with Gasteiger partial charge in [0.2, 0.25) is 0 Å². The number of rotatable bonds is 4. The predicted molar refractivity (Wildman–Crippen MR) is 67.7 cm³/mol. The summed E-state index contributed by atoms with van der Waals surface area (Å²) in [6, 6.07) is 9.94. The molecule has 0 radical (unpaired) electrons. The minimum atomic E-state index is -0.0808. The Kier molecular flexibility index (Phi) is 3.54. The molecule has 0 aliphatic rings. The van der Waals surface area contributed by atoms with E-state index in [1.165, 1.54) is 0 Å². The molecule has 90 valence electrons. The van der Waals surface area contributed by atoms with Crippen LogP contribution in [0.25, 0.3) is 5.69 Å². The van der Waals surface area contributed by atoms with Crippen LogP contribution in [0.3, 0.4) is 0 Å². The molecule has 2 N–H and O–H groups in total. The Balaban J connectivity index is 2.35. The molecular weight excluding hydrogens is 212 g/mol. The van der Waals surface area contributed by atoms with Crippen molar-refractivity contribution in [2.24, 2.45) is 11.7 Å². The molecule has 2 rings (SSSR count). The van der Waals surface area contributed by atoms with Crippen molar-refractivity contribution in [2.45, 2.75) is 26.3 Å². The zero-order valence-corrected chi connectivity index (χ0v) is 10.2. The molecule has 0 spiro atoms. The van der Waals surface area contributed by atoms with E-state index in [0.717, 1.165) is 17.9 Å². The van der Waals surface area contributed by atoms with E-state index in [4.69, 9.17) is 5.73 Å². The topological polar surface area (TPSA) is 56.7 Å². The standard InChI is InChI=1S/C13H18N4/c1-3-10(2)12(14)13-16-15-9-17(13)11-7-5-4-6-8-11/h4-10,12H,3,14H2,1-2H3. The highest BCUT2D eigenvalue weighted by molar-refractivity contribution is 5.32. The maximum Gasteiger partial charge on any atom is 0.154 e. The van der Waals surface area contributed by atoms with Gasteiger partial charge in [0.1, 0.15) is 6.33 Å². The lowest BCUT2D eigenvalue weighted by Crippen LogP contribution is -2.22. The Morgan fingerprint density at radius 2 is 2.00 bits per heavy atom. The Morgan fingerprint density at radius 1 is 1.29 bits per heavy atom. The van der Waals surface area contributed by atoms with Gasteiger partial charge in [0.25, 0.3) is 0 Å². The summed E-state index contributed by atoms with van der Waals surface area (Å²) in [5, 5.41) is 8.12. The summed E-state index contributed by atoms with van der Waals surface area (Å²) >= 11 is 0. The van der Waals surface area contributed by atoms with Crippen LogP contribution in [0.15, 0.2) is 36.7 Å². The van der Waals surface area contributed by atoms with E-state index in [0.29, 0.717) is 5.92 Å². The van der Waals surface area contributed by atoms with E-state index in [9.17, 15) is 0 Å². The van der Waals surface area contributed by atoms with Crippen molar-refractivity contribution in [1.29, 1.82) is 0 Å². The van der Waals surface area contributed by atoms with E-state index in [-0.39, 0.29) is 6.04 Å². The van der Waals surface area contributed by atoms with Gasteiger partial charge < -0.3 is 5.73 Å². The third-order valence-corrected chi connectivity index (χ3v) is 3.16. The van der Waals surface area contributed by atoms with E-state index < -0.39 is 0 Å². The molecule has 4 nitrogen and oxygen atoms in total. The maximum absolute atomic E-state index is 6.21. The average Bonchev–Trinajstić information content (AvgIpc) is 2.87. The number of nitrogens with two attached hydrogens (primary N) is 1. The van der Waals surface area contributed by atoms with Crippen LogP contribution >= 0.6 is 0 Å². The van der Waals surface area contributed by atoms with Crippen LogP contribution in [-0.4, -0.2) is 14.8 Å². The molecule has 4 heteroatoms. The second-order valence-corrected chi connectivity index (χ2v) is 4.31. The summed E-state index contributed by atoms with van der Waals surface area (Å²) in [4.78, 5) is 0. The van der Waals surface area contributed by atoms with Gasteiger partial charge in [0, 0.05) is 5.69 Å². The second kappa shape index (κ2) is 5.10. The van der Waals surface area contributed by atoms with Gasteiger partial charge in [-0.05, 0) is 18.1 Å². The van der Waals surface area contributed by atoms with Gasteiger partial charge >= 0.3 is 0 Å². The average molecular weight is 230 g/mol. The monoisotopic (exact) mass is 230 g/mol. The number of hydrogen-bond acceptors (Lipinski definition) is 3. The number of hydrogen-bond donors (Lipinski definition) is 1. The minimum absolute atomic E-state index is 0.0808. The number of aromatic nitrogens is 3.